The van der Waals surface area contributed by atoms with Crippen LogP contribution in [0.25, 0.3) is 0 Å². The molecule has 28 heavy (non-hydrogen) atoms. The van der Waals surface area contributed by atoms with E-state index in [0.29, 0.717) is 36.5 Å². The van der Waals surface area contributed by atoms with E-state index in [1.54, 1.807) is 0 Å². The van der Waals surface area contributed by atoms with Gasteiger partial charge in [-0.2, -0.15) is 4.98 Å². The minimum absolute atomic E-state index is 0.245. The number of aryl methyl sites for hydroxylation is 1. The van der Waals surface area contributed by atoms with Crippen LogP contribution in [0.3, 0.4) is 0 Å². The van der Waals surface area contributed by atoms with Crippen molar-refractivity contribution < 1.29 is 18.9 Å². The van der Waals surface area contributed by atoms with E-state index in [1.807, 2.05) is 49.4 Å². The molecule has 0 spiro atoms. The molecule has 142 valence electrons. The van der Waals surface area contributed by atoms with Gasteiger partial charge < -0.3 is 29.6 Å². The first-order chi connectivity index (χ1) is 13.7. The van der Waals surface area contributed by atoms with Gasteiger partial charge in [-0.3, -0.25) is 0 Å². The van der Waals surface area contributed by atoms with E-state index < -0.39 is 0 Å². The summed E-state index contributed by atoms with van der Waals surface area (Å²) in [5.74, 6) is 4.07. The molecule has 0 amide bonds. The molecule has 3 heterocycles. The van der Waals surface area contributed by atoms with E-state index in [9.17, 15) is 0 Å². The molecule has 2 aliphatic rings. The number of benzene rings is 2. The molecule has 5 rings (SSSR count). The maximum Gasteiger partial charge on any atom is 0.231 e. The van der Waals surface area contributed by atoms with Gasteiger partial charge in [0.25, 0.3) is 0 Å². The van der Waals surface area contributed by atoms with Gasteiger partial charge >= 0.3 is 0 Å². The van der Waals surface area contributed by atoms with Crippen LogP contribution in [-0.2, 0) is 0 Å². The van der Waals surface area contributed by atoms with E-state index in [4.69, 9.17) is 18.9 Å². The van der Waals surface area contributed by atoms with Gasteiger partial charge in [0.05, 0.1) is 0 Å². The number of nitrogens with zero attached hydrogens (tertiary/aromatic N) is 2. The van der Waals surface area contributed by atoms with Crippen LogP contribution in [0.15, 0.2) is 42.5 Å². The highest BCUT2D eigenvalue weighted by Crippen LogP contribution is 2.35. The highest BCUT2D eigenvalue weighted by atomic mass is 16.7. The number of fused-ring (bicyclic) bond motifs is 2. The normalized spacial score (nSPS) is 13.9. The maximum absolute atomic E-state index is 5.62. The van der Waals surface area contributed by atoms with Gasteiger partial charge in [0.15, 0.2) is 23.0 Å². The summed E-state index contributed by atoms with van der Waals surface area (Å²) in [5.41, 5.74) is 2.51. The van der Waals surface area contributed by atoms with Crippen molar-refractivity contribution in [3.8, 4) is 23.0 Å². The largest absolute Gasteiger partial charge is 0.486 e. The second-order valence-electron chi connectivity index (χ2n) is 6.39. The van der Waals surface area contributed by atoms with Crippen LogP contribution >= 0.6 is 0 Å². The number of nitrogens with one attached hydrogen (secondary N) is 2. The summed E-state index contributed by atoms with van der Waals surface area (Å²) >= 11 is 0. The van der Waals surface area contributed by atoms with E-state index in [2.05, 4.69) is 20.6 Å². The average molecular weight is 378 g/mol. The Hall–Kier alpha value is -3.68. The Morgan fingerprint density at radius 1 is 0.714 bits per heavy atom. The van der Waals surface area contributed by atoms with Crippen molar-refractivity contribution in [2.75, 3.05) is 30.6 Å². The highest BCUT2D eigenvalue weighted by molar-refractivity contribution is 5.64. The number of aromatic nitrogens is 2. The topological polar surface area (TPSA) is 86.8 Å². The van der Waals surface area contributed by atoms with Crippen LogP contribution in [0.5, 0.6) is 23.0 Å². The second-order valence-corrected chi connectivity index (χ2v) is 6.39. The van der Waals surface area contributed by atoms with Gasteiger partial charge in [-0.1, -0.05) is 0 Å². The Bertz CT molecular complexity index is 1040. The molecule has 0 saturated heterocycles. The zero-order valence-electron chi connectivity index (χ0n) is 15.2. The number of rotatable bonds is 4. The number of anilines is 4. The Balaban J connectivity index is 1.37. The summed E-state index contributed by atoms with van der Waals surface area (Å²) in [6.07, 6.45) is 0. The predicted molar refractivity (Wildman–Crippen MR) is 103 cm³/mol. The third-order valence-corrected chi connectivity index (χ3v) is 4.30. The van der Waals surface area contributed by atoms with Gasteiger partial charge in [0.1, 0.15) is 19.0 Å². The lowest BCUT2D eigenvalue weighted by atomic mass is 10.2. The van der Waals surface area contributed by atoms with Crippen LogP contribution in [0.2, 0.25) is 0 Å². The molecule has 0 unspecified atom stereocenters. The van der Waals surface area contributed by atoms with E-state index >= 15 is 0 Å². The molecule has 0 atom stereocenters. The molecule has 0 bridgehead atoms. The molecule has 2 aliphatic heterocycles. The van der Waals surface area contributed by atoms with Crippen LogP contribution in [-0.4, -0.2) is 30.0 Å². The third-order valence-electron chi connectivity index (χ3n) is 4.30. The third kappa shape index (κ3) is 3.32. The van der Waals surface area contributed by atoms with Gasteiger partial charge in [-0.15, -0.1) is 0 Å². The lowest BCUT2D eigenvalue weighted by Gasteiger charge is -2.19. The Kier molecular flexibility index (Phi) is 4.01. The van der Waals surface area contributed by atoms with Gasteiger partial charge in [0.2, 0.25) is 12.7 Å². The molecule has 0 fully saturated rings. The van der Waals surface area contributed by atoms with Crippen molar-refractivity contribution in [3.05, 3.63) is 48.2 Å². The Morgan fingerprint density at radius 3 is 2.18 bits per heavy atom. The molecule has 0 saturated carbocycles. The lowest BCUT2D eigenvalue weighted by Crippen LogP contribution is -2.15. The molecule has 0 aliphatic carbocycles. The summed E-state index contributed by atoms with van der Waals surface area (Å²) in [4.78, 5) is 9.01. The van der Waals surface area contributed by atoms with Crippen LogP contribution in [0, 0.1) is 6.92 Å². The smallest absolute Gasteiger partial charge is 0.231 e. The van der Waals surface area contributed by atoms with Gasteiger partial charge in [-0.05, 0) is 31.2 Å². The highest BCUT2D eigenvalue weighted by Gasteiger charge is 2.14. The fourth-order valence-electron chi connectivity index (χ4n) is 3.06. The standard InChI is InChI=1S/C20H18N4O4/c1-12-8-19(22-13-2-5-16-18(9-13)28-11-27-16)24-20(21-12)23-14-3-4-15-17(10-14)26-7-6-25-15/h2-5,8-10H,6-7,11H2,1H3,(H2,21,22,23,24). The van der Waals surface area contributed by atoms with Crippen LogP contribution < -0.4 is 29.6 Å². The molecular formula is C20H18N4O4. The molecule has 2 N–H and O–H groups in total. The summed E-state index contributed by atoms with van der Waals surface area (Å²) in [7, 11) is 0. The quantitative estimate of drug-likeness (QED) is 0.709. The first kappa shape index (κ1) is 16.5. The SMILES string of the molecule is Cc1cc(Nc2ccc3c(c2)OCO3)nc(Nc2ccc3c(c2)OCCO3)n1. The molecule has 1 aromatic heterocycles. The summed E-state index contributed by atoms with van der Waals surface area (Å²) < 4.78 is 21.9. The maximum atomic E-state index is 5.62. The van der Waals surface area contributed by atoms with E-state index in [-0.39, 0.29) is 6.79 Å². The average Bonchev–Trinajstić information content (AvgIpc) is 3.15. The Labute approximate surface area is 161 Å². The van der Waals surface area contributed by atoms with Crippen LogP contribution in [0.1, 0.15) is 5.69 Å². The molecular weight excluding hydrogens is 360 g/mol. The van der Waals surface area contributed by atoms with Crippen molar-refractivity contribution in [1.82, 2.24) is 9.97 Å². The number of hydrogen-bond donors (Lipinski definition) is 2. The minimum Gasteiger partial charge on any atom is -0.486 e. The zero-order valence-corrected chi connectivity index (χ0v) is 15.2. The first-order valence-electron chi connectivity index (χ1n) is 8.92. The fraction of sp³-hybridized carbons (Fsp3) is 0.200. The van der Waals surface area contributed by atoms with E-state index in [1.165, 1.54) is 0 Å². The van der Waals surface area contributed by atoms with Crippen LogP contribution in [0.4, 0.5) is 23.1 Å². The van der Waals surface area contributed by atoms with Crippen molar-refractivity contribution in [2.45, 2.75) is 6.92 Å². The van der Waals surface area contributed by atoms with Crippen molar-refractivity contribution in [2.24, 2.45) is 0 Å². The Morgan fingerprint density at radius 2 is 1.36 bits per heavy atom. The molecule has 0 radical (unpaired) electrons. The zero-order chi connectivity index (χ0) is 18.9. The molecule has 8 heteroatoms. The van der Waals surface area contributed by atoms with Crippen molar-refractivity contribution in [3.63, 3.8) is 0 Å². The minimum atomic E-state index is 0.245. The van der Waals surface area contributed by atoms with Crippen molar-refractivity contribution >= 4 is 23.1 Å². The second kappa shape index (κ2) is 6.80. The number of hydrogen-bond acceptors (Lipinski definition) is 8. The first-order valence-corrected chi connectivity index (χ1v) is 8.92. The number of ether oxygens (including phenoxy) is 4. The molecule has 3 aromatic rings. The van der Waals surface area contributed by atoms with E-state index in [0.717, 1.165) is 28.6 Å². The fourth-order valence-corrected chi connectivity index (χ4v) is 3.06. The predicted octanol–water partition coefficient (Wildman–Crippen LogP) is 3.77. The molecule has 8 nitrogen and oxygen atoms in total. The summed E-state index contributed by atoms with van der Waals surface area (Å²) in [6, 6.07) is 13.2. The lowest BCUT2D eigenvalue weighted by molar-refractivity contribution is 0.171. The van der Waals surface area contributed by atoms with Gasteiger partial charge in [-0.25, -0.2) is 4.98 Å². The summed E-state index contributed by atoms with van der Waals surface area (Å²) in [6.45, 7) is 3.27. The summed E-state index contributed by atoms with van der Waals surface area (Å²) in [5, 5.41) is 6.50. The molecule has 2 aromatic carbocycles. The van der Waals surface area contributed by atoms with Crippen molar-refractivity contribution in [1.29, 1.82) is 0 Å². The monoisotopic (exact) mass is 378 g/mol. The van der Waals surface area contributed by atoms with Gasteiger partial charge in [0, 0.05) is 35.3 Å².